The third-order valence-electron chi connectivity index (χ3n) is 8.14. The van der Waals surface area contributed by atoms with Gasteiger partial charge in [0.1, 0.15) is 16.5 Å². The number of urea groups is 1. The molecule has 1 saturated carbocycles. The molecule has 2 amide bonds. The first-order valence-electron chi connectivity index (χ1n) is 13.7. The average molecular weight is 539 g/mol. The number of aromatic nitrogens is 2. The van der Waals surface area contributed by atoms with Crippen molar-refractivity contribution in [2.45, 2.75) is 57.9 Å². The molecular formula is C28H35ClN6OS. The van der Waals surface area contributed by atoms with E-state index in [1.807, 2.05) is 34.4 Å². The molecule has 2 fully saturated rings. The third-order valence-corrected chi connectivity index (χ3v) is 9.48. The Bertz CT molecular complexity index is 1280. The van der Waals surface area contributed by atoms with E-state index in [2.05, 4.69) is 22.0 Å². The second-order valence-corrected chi connectivity index (χ2v) is 12.0. The molecule has 1 aliphatic carbocycles. The van der Waals surface area contributed by atoms with Gasteiger partial charge in [-0.05, 0) is 49.6 Å². The van der Waals surface area contributed by atoms with Crippen LogP contribution in [0.25, 0.3) is 10.2 Å². The first-order chi connectivity index (χ1) is 18.1. The maximum absolute atomic E-state index is 12.9. The Labute approximate surface area is 227 Å². The minimum Gasteiger partial charge on any atom is -0.352 e. The van der Waals surface area contributed by atoms with E-state index in [4.69, 9.17) is 21.6 Å². The van der Waals surface area contributed by atoms with Crippen LogP contribution in [0.1, 0.15) is 61.2 Å². The summed E-state index contributed by atoms with van der Waals surface area (Å²) >= 11 is 7.97. The molecule has 6 rings (SSSR count). The number of fused-ring (bicyclic) bond motifs is 3. The summed E-state index contributed by atoms with van der Waals surface area (Å²) in [4.78, 5) is 32.8. The molecule has 7 nitrogen and oxygen atoms in total. The van der Waals surface area contributed by atoms with Crippen LogP contribution in [0.2, 0.25) is 5.02 Å². The number of nitrogens with zero attached hydrogens (tertiary/aromatic N) is 5. The maximum Gasteiger partial charge on any atom is 0.321 e. The zero-order chi connectivity index (χ0) is 25.4. The molecule has 37 heavy (non-hydrogen) atoms. The van der Waals surface area contributed by atoms with E-state index in [0.29, 0.717) is 24.0 Å². The van der Waals surface area contributed by atoms with Gasteiger partial charge in [0.15, 0.2) is 0 Å². The molecule has 3 aliphatic rings. The molecule has 4 heterocycles. The molecule has 1 N–H and O–H groups in total. The van der Waals surface area contributed by atoms with E-state index in [-0.39, 0.29) is 6.03 Å². The largest absolute Gasteiger partial charge is 0.352 e. The Morgan fingerprint density at radius 3 is 2.68 bits per heavy atom. The number of carbonyl (C=O) groups is 1. The van der Waals surface area contributed by atoms with Gasteiger partial charge in [0.2, 0.25) is 0 Å². The van der Waals surface area contributed by atoms with Gasteiger partial charge >= 0.3 is 6.03 Å². The number of piperazine rings is 1. The fraction of sp³-hybridized carbons (Fsp3) is 0.536. The lowest BCUT2D eigenvalue weighted by atomic mass is 9.88. The summed E-state index contributed by atoms with van der Waals surface area (Å²) in [5.74, 6) is 2.60. The molecule has 196 valence electrons. The standard InChI is InChI=1S/C28H35ClN6OS/c1-2-33-12-11-22-23(18-33)37-27-24(22)26(31-25(32-27)19-7-4-3-5-8-19)34-13-15-35(16-14-34)28(36)30-21-10-6-9-20(29)17-21/h6,9-10,17,19H,2-5,7-8,11-16,18H2,1H3,(H,30,36). The molecule has 3 aromatic rings. The molecule has 2 aromatic heterocycles. The van der Waals surface area contributed by atoms with Crippen molar-refractivity contribution in [3.8, 4) is 0 Å². The summed E-state index contributed by atoms with van der Waals surface area (Å²) in [7, 11) is 0. The Balaban J connectivity index is 1.26. The molecule has 0 atom stereocenters. The van der Waals surface area contributed by atoms with Crippen LogP contribution < -0.4 is 10.2 Å². The summed E-state index contributed by atoms with van der Waals surface area (Å²) in [5, 5.41) is 4.88. The van der Waals surface area contributed by atoms with E-state index in [1.54, 1.807) is 6.07 Å². The molecule has 1 saturated heterocycles. The lowest BCUT2D eigenvalue weighted by molar-refractivity contribution is 0.208. The maximum atomic E-state index is 12.9. The topological polar surface area (TPSA) is 64.6 Å². The van der Waals surface area contributed by atoms with Gasteiger partial charge in [0.25, 0.3) is 0 Å². The molecule has 9 heteroatoms. The van der Waals surface area contributed by atoms with Crippen molar-refractivity contribution in [1.82, 2.24) is 19.8 Å². The lowest BCUT2D eigenvalue weighted by Gasteiger charge is -2.36. The van der Waals surface area contributed by atoms with Crippen LogP contribution in [0.5, 0.6) is 0 Å². The monoisotopic (exact) mass is 538 g/mol. The predicted octanol–water partition coefficient (Wildman–Crippen LogP) is 6.12. The Morgan fingerprint density at radius 1 is 1.11 bits per heavy atom. The normalized spacial score (nSPS) is 19.3. The van der Waals surface area contributed by atoms with Crippen LogP contribution in [0.15, 0.2) is 24.3 Å². The van der Waals surface area contributed by atoms with Gasteiger partial charge in [-0.25, -0.2) is 14.8 Å². The van der Waals surface area contributed by atoms with Crippen LogP contribution >= 0.6 is 22.9 Å². The van der Waals surface area contributed by atoms with Crippen LogP contribution in [-0.4, -0.2) is 65.1 Å². The van der Waals surface area contributed by atoms with Gasteiger partial charge in [-0.2, -0.15) is 0 Å². The van der Waals surface area contributed by atoms with Crippen molar-refractivity contribution in [2.75, 3.05) is 49.5 Å². The van der Waals surface area contributed by atoms with Crippen molar-refractivity contribution in [3.63, 3.8) is 0 Å². The molecule has 2 aliphatic heterocycles. The van der Waals surface area contributed by atoms with Crippen molar-refractivity contribution in [1.29, 1.82) is 0 Å². The number of halogens is 1. The van der Waals surface area contributed by atoms with E-state index < -0.39 is 0 Å². The highest BCUT2D eigenvalue weighted by atomic mass is 35.5. The summed E-state index contributed by atoms with van der Waals surface area (Å²) in [6.45, 7) is 8.29. The van der Waals surface area contributed by atoms with Gasteiger partial charge in [0, 0.05) is 60.8 Å². The summed E-state index contributed by atoms with van der Waals surface area (Å²) in [6.07, 6.45) is 7.31. The van der Waals surface area contributed by atoms with Crippen LogP contribution in [0.3, 0.4) is 0 Å². The number of likely N-dealkylation sites (N-methyl/N-ethyl adjacent to an activating group) is 1. The number of amides is 2. The Morgan fingerprint density at radius 2 is 1.92 bits per heavy atom. The van der Waals surface area contributed by atoms with Crippen LogP contribution in [-0.2, 0) is 13.0 Å². The fourth-order valence-corrected chi connectivity index (χ4v) is 7.43. The summed E-state index contributed by atoms with van der Waals surface area (Å²) in [6, 6.07) is 7.22. The highest BCUT2D eigenvalue weighted by molar-refractivity contribution is 7.19. The molecule has 0 spiro atoms. The van der Waals surface area contributed by atoms with Crippen molar-refractivity contribution < 1.29 is 4.79 Å². The number of nitrogens with one attached hydrogen (secondary N) is 1. The van der Waals surface area contributed by atoms with E-state index in [1.165, 1.54) is 47.9 Å². The highest BCUT2D eigenvalue weighted by Gasteiger charge is 2.30. The SMILES string of the molecule is CCN1CCc2c(sc3nc(C4CCCCC4)nc(N4CCN(C(=O)Nc5cccc(Cl)c5)CC4)c23)C1. The number of hydrogen-bond acceptors (Lipinski definition) is 6. The molecule has 0 unspecified atom stereocenters. The van der Waals surface area contributed by atoms with Gasteiger partial charge in [-0.15, -0.1) is 11.3 Å². The second-order valence-electron chi connectivity index (χ2n) is 10.5. The van der Waals surface area contributed by atoms with Crippen molar-refractivity contribution >= 4 is 50.7 Å². The first kappa shape index (κ1) is 24.9. The minimum atomic E-state index is -0.0785. The summed E-state index contributed by atoms with van der Waals surface area (Å²) in [5.41, 5.74) is 2.18. The highest BCUT2D eigenvalue weighted by Crippen LogP contribution is 2.41. The number of hydrogen-bond donors (Lipinski definition) is 1. The van der Waals surface area contributed by atoms with Crippen LogP contribution in [0.4, 0.5) is 16.3 Å². The molecule has 0 radical (unpaired) electrons. The van der Waals surface area contributed by atoms with Gasteiger partial charge in [0.05, 0.1) is 5.39 Å². The lowest BCUT2D eigenvalue weighted by Crippen LogP contribution is -2.50. The van der Waals surface area contributed by atoms with Crippen molar-refractivity contribution in [2.24, 2.45) is 0 Å². The number of rotatable bonds is 4. The minimum absolute atomic E-state index is 0.0785. The van der Waals surface area contributed by atoms with Gasteiger partial charge in [-0.3, -0.25) is 4.90 Å². The van der Waals surface area contributed by atoms with Crippen molar-refractivity contribution in [3.05, 3.63) is 45.6 Å². The van der Waals surface area contributed by atoms with Gasteiger partial charge < -0.3 is 15.1 Å². The molecule has 0 bridgehead atoms. The van der Waals surface area contributed by atoms with E-state index in [9.17, 15) is 4.79 Å². The average Bonchev–Trinajstić information content (AvgIpc) is 3.31. The number of benzene rings is 1. The van der Waals surface area contributed by atoms with Gasteiger partial charge in [-0.1, -0.05) is 43.9 Å². The second kappa shape index (κ2) is 10.8. The molecular weight excluding hydrogens is 504 g/mol. The fourth-order valence-electron chi connectivity index (χ4n) is 5.98. The smallest absolute Gasteiger partial charge is 0.321 e. The predicted molar refractivity (Wildman–Crippen MR) is 152 cm³/mol. The zero-order valence-electron chi connectivity index (χ0n) is 21.5. The van der Waals surface area contributed by atoms with Crippen LogP contribution in [0, 0.1) is 0 Å². The quantitative estimate of drug-likeness (QED) is 0.433. The number of thiophene rings is 1. The first-order valence-corrected chi connectivity index (χ1v) is 14.9. The number of anilines is 2. The zero-order valence-corrected chi connectivity index (χ0v) is 23.1. The van der Waals surface area contributed by atoms with E-state index >= 15 is 0 Å². The summed E-state index contributed by atoms with van der Waals surface area (Å²) < 4.78 is 0. The Kier molecular flexibility index (Phi) is 7.23. The number of carbonyl (C=O) groups excluding carboxylic acids is 1. The van der Waals surface area contributed by atoms with E-state index in [0.717, 1.165) is 61.3 Å². The Hall–Kier alpha value is -2.42. The third kappa shape index (κ3) is 5.16. The molecule has 1 aromatic carbocycles.